The minimum absolute atomic E-state index is 0.0947. The highest BCUT2D eigenvalue weighted by Crippen LogP contribution is 2.12. The Morgan fingerprint density at radius 1 is 1.30 bits per heavy atom. The third kappa shape index (κ3) is 3.53. The van der Waals surface area contributed by atoms with E-state index in [0.717, 1.165) is 17.5 Å². The van der Waals surface area contributed by atoms with Gasteiger partial charge in [0.2, 0.25) is 11.9 Å². The summed E-state index contributed by atoms with van der Waals surface area (Å²) in [4.78, 5) is 11.8. The van der Waals surface area contributed by atoms with Crippen molar-refractivity contribution in [1.82, 2.24) is 15.0 Å². The second kappa shape index (κ2) is 6.14. The zero-order valence-corrected chi connectivity index (χ0v) is 11.4. The maximum atomic E-state index is 13.0. The van der Waals surface area contributed by atoms with Crippen LogP contribution in [0.1, 0.15) is 11.1 Å². The Morgan fingerprint density at radius 2 is 2.10 bits per heavy atom. The van der Waals surface area contributed by atoms with Crippen LogP contribution in [0, 0.1) is 12.7 Å². The number of hydrogen-bond acceptors (Lipinski definition) is 6. The molecule has 1 aromatic carbocycles. The maximum absolute atomic E-state index is 13.0. The molecule has 2 rings (SSSR count). The molecule has 0 radical (unpaired) electrons. The molecule has 0 bridgehead atoms. The van der Waals surface area contributed by atoms with Crippen LogP contribution in [-0.2, 0) is 6.42 Å². The molecule has 106 valence electrons. The van der Waals surface area contributed by atoms with E-state index in [0.29, 0.717) is 12.5 Å². The molecule has 7 heteroatoms. The van der Waals surface area contributed by atoms with Gasteiger partial charge in [-0.1, -0.05) is 6.07 Å². The van der Waals surface area contributed by atoms with Crippen LogP contribution in [0.25, 0.3) is 0 Å². The van der Waals surface area contributed by atoms with Crippen LogP contribution in [0.2, 0.25) is 0 Å². The third-order valence-corrected chi connectivity index (χ3v) is 2.80. The topological polar surface area (TPSA) is 86.0 Å². The molecule has 0 unspecified atom stereocenters. The summed E-state index contributed by atoms with van der Waals surface area (Å²) in [5.74, 6) is 0.223. The van der Waals surface area contributed by atoms with Gasteiger partial charge in [-0.25, -0.2) is 4.39 Å². The van der Waals surface area contributed by atoms with E-state index < -0.39 is 0 Å². The summed E-state index contributed by atoms with van der Waals surface area (Å²) < 4.78 is 17.9. The van der Waals surface area contributed by atoms with E-state index >= 15 is 0 Å². The number of halogens is 1. The molecule has 6 nitrogen and oxygen atoms in total. The fraction of sp³-hybridized carbons (Fsp3) is 0.308. The van der Waals surface area contributed by atoms with E-state index in [1.54, 1.807) is 6.07 Å². The van der Waals surface area contributed by atoms with Crippen molar-refractivity contribution >= 4 is 11.9 Å². The first-order valence-electron chi connectivity index (χ1n) is 6.13. The smallest absolute Gasteiger partial charge is 0.322 e. The van der Waals surface area contributed by atoms with Crippen molar-refractivity contribution in [2.24, 2.45) is 0 Å². The molecule has 0 fully saturated rings. The summed E-state index contributed by atoms with van der Waals surface area (Å²) in [5, 5.41) is 3.03. The first-order valence-corrected chi connectivity index (χ1v) is 6.13. The van der Waals surface area contributed by atoms with Crippen molar-refractivity contribution in [2.45, 2.75) is 13.3 Å². The predicted octanol–water partition coefficient (Wildman–Crippen LogP) is 1.56. The number of aromatic nitrogens is 3. The van der Waals surface area contributed by atoms with Gasteiger partial charge in [0.25, 0.3) is 0 Å². The Balaban J connectivity index is 1.97. The summed E-state index contributed by atoms with van der Waals surface area (Å²) in [6.07, 6.45) is 0.722. The number of anilines is 2. The van der Waals surface area contributed by atoms with Crippen LogP contribution in [0.3, 0.4) is 0 Å². The number of aryl methyl sites for hydroxylation is 1. The molecular weight excluding hydrogens is 261 g/mol. The fourth-order valence-electron chi connectivity index (χ4n) is 1.79. The molecule has 0 saturated carbocycles. The van der Waals surface area contributed by atoms with Gasteiger partial charge in [-0.15, -0.1) is 0 Å². The molecule has 2 aromatic rings. The summed E-state index contributed by atoms with van der Waals surface area (Å²) >= 11 is 0. The molecule has 1 aromatic heterocycles. The predicted molar refractivity (Wildman–Crippen MR) is 74.1 cm³/mol. The lowest BCUT2D eigenvalue weighted by Gasteiger charge is -2.08. The Morgan fingerprint density at radius 3 is 2.80 bits per heavy atom. The molecule has 1 heterocycles. The van der Waals surface area contributed by atoms with Crippen molar-refractivity contribution in [2.75, 3.05) is 24.7 Å². The maximum Gasteiger partial charge on any atom is 0.322 e. The summed E-state index contributed by atoms with van der Waals surface area (Å²) in [6, 6.07) is 4.90. The quantitative estimate of drug-likeness (QED) is 0.862. The summed E-state index contributed by atoms with van der Waals surface area (Å²) in [5.41, 5.74) is 7.51. The minimum Gasteiger partial charge on any atom is -0.467 e. The van der Waals surface area contributed by atoms with E-state index in [4.69, 9.17) is 10.5 Å². The van der Waals surface area contributed by atoms with Gasteiger partial charge in [0, 0.05) is 6.54 Å². The van der Waals surface area contributed by atoms with Crippen LogP contribution in [-0.4, -0.2) is 28.6 Å². The van der Waals surface area contributed by atoms with Crippen molar-refractivity contribution in [3.05, 3.63) is 35.1 Å². The fourth-order valence-corrected chi connectivity index (χ4v) is 1.79. The zero-order valence-electron chi connectivity index (χ0n) is 11.4. The number of nitrogens with zero attached hydrogens (tertiary/aromatic N) is 3. The number of hydrogen-bond donors (Lipinski definition) is 2. The molecule has 0 spiro atoms. The normalized spacial score (nSPS) is 10.3. The van der Waals surface area contributed by atoms with Crippen LogP contribution < -0.4 is 15.8 Å². The van der Waals surface area contributed by atoms with Crippen molar-refractivity contribution in [1.29, 1.82) is 0 Å². The average Bonchev–Trinajstić information content (AvgIpc) is 2.40. The van der Waals surface area contributed by atoms with Gasteiger partial charge in [0.1, 0.15) is 5.82 Å². The van der Waals surface area contributed by atoms with Gasteiger partial charge < -0.3 is 15.8 Å². The molecular formula is C13H16FN5O. The summed E-state index contributed by atoms with van der Waals surface area (Å²) in [6.45, 7) is 2.47. The van der Waals surface area contributed by atoms with E-state index in [-0.39, 0.29) is 17.8 Å². The van der Waals surface area contributed by atoms with Crippen LogP contribution >= 0.6 is 0 Å². The standard InChI is InChI=1S/C13H16FN5O/c1-8-7-10(14)4-3-9(8)5-6-16-12-17-11(15)18-13(19-12)20-2/h3-4,7H,5-6H2,1-2H3,(H3,15,16,17,18,19). The molecule has 20 heavy (non-hydrogen) atoms. The van der Waals surface area contributed by atoms with E-state index in [1.807, 2.05) is 6.92 Å². The number of ether oxygens (including phenoxy) is 1. The van der Waals surface area contributed by atoms with Crippen molar-refractivity contribution < 1.29 is 9.13 Å². The highest BCUT2D eigenvalue weighted by molar-refractivity contribution is 5.33. The number of nitrogen functional groups attached to an aromatic ring is 1. The number of rotatable bonds is 5. The SMILES string of the molecule is COc1nc(N)nc(NCCc2ccc(F)cc2C)n1. The highest BCUT2D eigenvalue weighted by atomic mass is 19.1. The lowest BCUT2D eigenvalue weighted by molar-refractivity contribution is 0.379. The Labute approximate surface area is 116 Å². The van der Waals surface area contributed by atoms with Gasteiger partial charge in [0.15, 0.2) is 0 Å². The number of methoxy groups -OCH3 is 1. The third-order valence-electron chi connectivity index (χ3n) is 2.80. The largest absolute Gasteiger partial charge is 0.467 e. The van der Waals surface area contributed by atoms with Crippen LogP contribution in [0.4, 0.5) is 16.3 Å². The molecule has 0 aliphatic rings. The lowest BCUT2D eigenvalue weighted by Crippen LogP contribution is -2.11. The molecule has 0 aliphatic heterocycles. The Bertz CT molecular complexity index is 605. The lowest BCUT2D eigenvalue weighted by atomic mass is 10.1. The average molecular weight is 277 g/mol. The van der Waals surface area contributed by atoms with Crippen molar-refractivity contribution in [3.63, 3.8) is 0 Å². The molecule has 0 aliphatic carbocycles. The monoisotopic (exact) mass is 277 g/mol. The number of nitrogens with one attached hydrogen (secondary N) is 1. The second-order valence-electron chi connectivity index (χ2n) is 4.25. The van der Waals surface area contributed by atoms with Gasteiger partial charge in [-0.3, -0.25) is 0 Å². The Hall–Kier alpha value is -2.44. The minimum atomic E-state index is -0.228. The van der Waals surface area contributed by atoms with E-state index in [9.17, 15) is 4.39 Å². The summed E-state index contributed by atoms with van der Waals surface area (Å²) in [7, 11) is 1.46. The van der Waals surface area contributed by atoms with Gasteiger partial charge in [-0.2, -0.15) is 15.0 Å². The van der Waals surface area contributed by atoms with E-state index in [1.165, 1.54) is 19.2 Å². The van der Waals surface area contributed by atoms with E-state index in [2.05, 4.69) is 20.3 Å². The number of benzene rings is 1. The van der Waals surface area contributed by atoms with Crippen molar-refractivity contribution in [3.8, 4) is 6.01 Å². The first kappa shape index (κ1) is 14.0. The zero-order chi connectivity index (χ0) is 14.5. The first-order chi connectivity index (χ1) is 9.58. The number of nitrogens with two attached hydrogens (primary N) is 1. The van der Waals surface area contributed by atoms with Crippen LogP contribution in [0.15, 0.2) is 18.2 Å². The molecule has 0 saturated heterocycles. The second-order valence-corrected chi connectivity index (χ2v) is 4.25. The highest BCUT2D eigenvalue weighted by Gasteiger charge is 2.05. The van der Waals surface area contributed by atoms with Gasteiger partial charge in [-0.05, 0) is 36.6 Å². The Kier molecular flexibility index (Phi) is 4.29. The molecule has 3 N–H and O–H groups in total. The van der Waals surface area contributed by atoms with Crippen LogP contribution in [0.5, 0.6) is 6.01 Å². The van der Waals surface area contributed by atoms with Gasteiger partial charge in [0.05, 0.1) is 7.11 Å². The molecule has 0 atom stereocenters. The van der Waals surface area contributed by atoms with Gasteiger partial charge >= 0.3 is 6.01 Å². The molecule has 0 amide bonds.